The van der Waals surface area contributed by atoms with E-state index in [0.717, 1.165) is 11.0 Å². The van der Waals surface area contributed by atoms with Gasteiger partial charge in [0.1, 0.15) is 23.5 Å². The first-order chi connectivity index (χ1) is 17.0. The van der Waals surface area contributed by atoms with Gasteiger partial charge in [0.2, 0.25) is 0 Å². The predicted octanol–water partition coefficient (Wildman–Crippen LogP) is 6.05. The fourth-order valence-electron chi connectivity index (χ4n) is 4.34. The summed E-state index contributed by atoms with van der Waals surface area (Å²) in [7, 11) is 0. The third kappa shape index (κ3) is 5.60. The Labute approximate surface area is 211 Å². The van der Waals surface area contributed by atoms with Crippen LogP contribution in [0.1, 0.15) is 24.1 Å². The number of benzene rings is 1. The molecule has 1 saturated heterocycles. The van der Waals surface area contributed by atoms with Crippen LogP contribution < -0.4 is 5.32 Å². The molecule has 6 nitrogen and oxygen atoms in total. The van der Waals surface area contributed by atoms with Crippen LogP contribution in [0.5, 0.6) is 0 Å². The molecule has 1 aromatic carbocycles. The maximum atomic E-state index is 14.6. The molecule has 13 heteroatoms. The Morgan fingerprint density at radius 3 is 2.72 bits per heavy atom. The minimum absolute atomic E-state index is 0.0340. The van der Waals surface area contributed by atoms with Gasteiger partial charge in [0.05, 0.1) is 16.1 Å². The van der Waals surface area contributed by atoms with Gasteiger partial charge in [-0.15, -0.1) is 11.3 Å². The highest BCUT2D eigenvalue weighted by Crippen LogP contribution is 2.44. The molecule has 192 valence electrons. The molecule has 0 amide bonds. The second-order valence-corrected chi connectivity index (χ2v) is 9.85. The summed E-state index contributed by atoms with van der Waals surface area (Å²) in [6.07, 6.45) is -4.89. The fourth-order valence-corrected chi connectivity index (χ4v) is 5.07. The first kappa shape index (κ1) is 26.2. The van der Waals surface area contributed by atoms with Crippen molar-refractivity contribution < 1.29 is 31.9 Å². The molecule has 2 atom stereocenters. The van der Waals surface area contributed by atoms with Gasteiger partial charge >= 0.3 is 12.1 Å². The number of hydrogen-bond donors (Lipinski definition) is 2. The summed E-state index contributed by atoms with van der Waals surface area (Å²) in [6, 6.07) is 4.25. The molecule has 0 saturated carbocycles. The molecule has 1 aliphatic heterocycles. The summed E-state index contributed by atoms with van der Waals surface area (Å²) in [5.41, 5.74) is -2.24. The molecule has 1 fully saturated rings. The first-order valence-electron chi connectivity index (χ1n) is 10.8. The number of aromatic nitrogens is 2. The number of thiazole rings is 1. The van der Waals surface area contributed by atoms with Gasteiger partial charge in [0.25, 0.3) is 0 Å². The summed E-state index contributed by atoms with van der Waals surface area (Å²) >= 11 is 7.02. The molecule has 0 spiro atoms. The van der Waals surface area contributed by atoms with Crippen LogP contribution in [0.25, 0.3) is 0 Å². The van der Waals surface area contributed by atoms with E-state index in [1.165, 1.54) is 41.8 Å². The van der Waals surface area contributed by atoms with Crippen molar-refractivity contribution in [2.45, 2.75) is 38.0 Å². The Bertz CT molecular complexity index is 1240. The highest BCUT2D eigenvalue weighted by atomic mass is 35.5. The van der Waals surface area contributed by atoms with Crippen molar-refractivity contribution in [3.63, 3.8) is 0 Å². The number of pyridine rings is 1. The lowest BCUT2D eigenvalue weighted by atomic mass is 9.71. The van der Waals surface area contributed by atoms with Gasteiger partial charge in [0.15, 0.2) is 5.13 Å². The summed E-state index contributed by atoms with van der Waals surface area (Å²) in [5, 5.41) is 14.8. The third-order valence-corrected chi connectivity index (χ3v) is 7.21. The number of carbonyl (C=O) groups is 1. The molecule has 0 radical (unpaired) electrons. The monoisotopic (exact) mass is 546 g/mol. The van der Waals surface area contributed by atoms with Crippen LogP contribution in [-0.4, -0.2) is 44.7 Å². The van der Waals surface area contributed by atoms with Crippen molar-refractivity contribution in [1.82, 2.24) is 14.9 Å². The second-order valence-electron chi connectivity index (χ2n) is 8.54. The van der Waals surface area contributed by atoms with E-state index in [1.54, 1.807) is 5.38 Å². The zero-order valence-electron chi connectivity index (χ0n) is 18.5. The van der Waals surface area contributed by atoms with Gasteiger partial charge in [0, 0.05) is 36.7 Å². The minimum atomic E-state index is -4.81. The van der Waals surface area contributed by atoms with E-state index >= 15 is 0 Å². The highest BCUT2D eigenvalue weighted by molar-refractivity contribution is 7.13. The summed E-state index contributed by atoms with van der Waals surface area (Å²) < 4.78 is 71.3. The summed E-state index contributed by atoms with van der Waals surface area (Å²) in [5.74, 6) is -2.95. The Balaban J connectivity index is 1.61. The van der Waals surface area contributed by atoms with Crippen LogP contribution in [0.15, 0.2) is 41.9 Å². The van der Waals surface area contributed by atoms with Crippen molar-refractivity contribution >= 4 is 39.9 Å². The zero-order valence-corrected chi connectivity index (χ0v) is 20.1. The number of rotatable bonds is 7. The van der Waals surface area contributed by atoms with Crippen molar-refractivity contribution in [3.8, 4) is 0 Å². The van der Waals surface area contributed by atoms with E-state index < -0.39 is 54.6 Å². The molecule has 0 aliphatic carbocycles. The maximum Gasteiger partial charge on any atom is 0.404 e. The lowest BCUT2D eigenvalue weighted by molar-refractivity contribution is -0.208. The standard InChI is InChI=1S/C23H20ClF5N4O2S/c24-14-3-1-2-13(19(14)26)12-33-8-6-22(20(34)35,11-17(33)23(27,28)29)10-16-15(25)4-5-18(31-16)32-21-30-7-9-36-21/h1-5,7,9,17H,6,8,10-12H2,(H,34,35)(H,30,31,32)/t17-,22-/m1/s1. The fraction of sp³-hybridized carbons (Fsp3) is 0.348. The third-order valence-electron chi connectivity index (χ3n) is 6.23. The van der Waals surface area contributed by atoms with Crippen molar-refractivity contribution in [1.29, 1.82) is 0 Å². The van der Waals surface area contributed by atoms with E-state index in [-0.39, 0.29) is 35.1 Å². The van der Waals surface area contributed by atoms with Crippen molar-refractivity contribution in [2.75, 3.05) is 11.9 Å². The van der Waals surface area contributed by atoms with Gasteiger partial charge < -0.3 is 10.4 Å². The van der Waals surface area contributed by atoms with Gasteiger partial charge in [-0.05, 0) is 31.0 Å². The summed E-state index contributed by atoms with van der Waals surface area (Å²) in [6.45, 7) is -0.715. The predicted molar refractivity (Wildman–Crippen MR) is 124 cm³/mol. The molecular weight excluding hydrogens is 527 g/mol. The van der Waals surface area contributed by atoms with Crippen LogP contribution in [-0.2, 0) is 17.8 Å². The zero-order chi connectivity index (χ0) is 26.1. The first-order valence-corrected chi connectivity index (χ1v) is 12.0. The largest absolute Gasteiger partial charge is 0.481 e. The number of nitrogens with one attached hydrogen (secondary N) is 1. The molecule has 3 aromatic rings. The number of hydrogen-bond acceptors (Lipinski definition) is 6. The number of halogens is 6. The molecule has 0 bridgehead atoms. The van der Waals surface area contributed by atoms with Gasteiger partial charge in [-0.1, -0.05) is 23.7 Å². The topological polar surface area (TPSA) is 78.3 Å². The van der Waals surface area contributed by atoms with Crippen LogP contribution in [0.4, 0.5) is 32.9 Å². The quantitative estimate of drug-likeness (QED) is 0.351. The van der Waals surface area contributed by atoms with E-state index in [1.807, 2.05) is 0 Å². The lowest BCUT2D eigenvalue weighted by Gasteiger charge is -2.45. The molecule has 3 heterocycles. The number of nitrogens with zero attached hydrogens (tertiary/aromatic N) is 3. The molecule has 2 N–H and O–H groups in total. The lowest BCUT2D eigenvalue weighted by Crippen LogP contribution is -2.56. The number of carboxylic acid groups (broad SMARTS) is 1. The summed E-state index contributed by atoms with van der Waals surface area (Å²) in [4.78, 5) is 21.5. The second kappa shape index (κ2) is 10.3. The van der Waals surface area contributed by atoms with Crippen LogP contribution in [0.3, 0.4) is 0 Å². The van der Waals surface area contributed by atoms with E-state index in [0.29, 0.717) is 5.13 Å². The molecule has 0 unspecified atom stereocenters. The number of carboxylic acids is 1. The van der Waals surface area contributed by atoms with Crippen molar-refractivity contribution in [3.05, 3.63) is 69.8 Å². The number of aliphatic carboxylic acids is 1. The van der Waals surface area contributed by atoms with Crippen LogP contribution in [0.2, 0.25) is 5.02 Å². The normalized spacial score (nSPS) is 20.9. The van der Waals surface area contributed by atoms with Crippen LogP contribution in [0, 0.1) is 17.0 Å². The minimum Gasteiger partial charge on any atom is -0.481 e. The Kier molecular flexibility index (Phi) is 7.48. The molecule has 4 rings (SSSR count). The van der Waals surface area contributed by atoms with Crippen LogP contribution >= 0.6 is 22.9 Å². The number of likely N-dealkylation sites (tertiary alicyclic amines) is 1. The average Bonchev–Trinajstić information content (AvgIpc) is 3.32. The molecular formula is C23H20ClF5N4O2S. The number of piperidine rings is 1. The van der Waals surface area contributed by atoms with E-state index in [9.17, 15) is 31.9 Å². The Hall–Kier alpha value is -2.83. The smallest absolute Gasteiger partial charge is 0.404 e. The maximum absolute atomic E-state index is 14.6. The Morgan fingerprint density at radius 2 is 2.06 bits per heavy atom. The number of anilines is 2. The van der Waals surface area contributed by atoms with Gasteiger partial charge in [-0.2, -0.15) is 13.2 Å². The van der Waals surface area contributed by atoms with Crippen molar-refractivity contribution in [2.24, 2.45) is 5.41 Å². The van der Waals surface area contributed by atoms with E-state index in [2.05, 4.69) is 15.3 Å². The molecule has 2 aromatic heterocycles. The molecule has 1 aliphatic rings. The Morgan fingerprint density at radius 1 is 1.28 bits per heavy atom. The molecule has 36 heavy (non-hydrogen) atoms. The average molecular weight is 547 g/mol. The SMILES string of the molecule is O=C(O)[C@@]1(Cc2nc(Nc3nccs3)ccc2F)CCN(Cc2cccc(Cl)c2F)[C@@H](C(F)(F)F)C1. The van der Waals surface area contributed by atoms with Gasteiger partial charge in [-0.3, -0.25) is 9.69 Å². The van der Waals surface area contributed by atoms with Gasteiger partial charge in [-0.25, -0.2) is 18.7 Å². The highest BCUT2D eigenvalue weighted by Gasteiger charge is 2.54. The number of alkyl halides is 3. The van der Waals surface area contributed by atoms with E-state index in [4.69, 9.17) is 11.6 Å².